The SMILES string of the molecule is CCn1cc(N2CC(CC(C)C)NCC2C(C)C)cn1. The predicted octanol–water partition coefficient (Wildman–Crippen LogP) is 2.75. The molecule has 0 aliphatic carbocycles. The number of aryl methyl sites for hydroxylation is 1. The average molecular weight is 278 g/mol. The van der Waals surface area contributed by atoms with Gasteiger partial charge in [-0.1, -0.05) is 27.7 Å². The van der Waals surface area contributed by atoms with Gasteiger partial charge in [-0.15, -0.1) is 0 Å². The van der Waals surface area contributed by atoms with Crippen LogP contribution in [-0.4, -0.2) is 35.0 Å². The summed E-state index contributed by atoms with van der Waals surface area (Å²) in [6.45, 7) is 14.5. The quantitative estimate of drug-likeness (QED) is 0.899. The summed E-state index contributed by atoms with van der Waals surface area (Å²) in [6, 6.07) is 1.16. The molecule has 4 heteroatoms. The van der Waals surface area contributed by atoms with Crippen molar-refractivity contribution in [2.75, 3.05) is 18.0 Å². The van der Waals surface area contributed by atoms with Crippen molar-refractivity contribution < 1.29 is 0 Å². The van der Waals surface area contributed by atoms with Gasteiger partial charge in [0.05, 0.1) is 11.9 Å². The van der Waals surface area contributed by atoms with Crippen LogP contribution in [0.2, 0.25) is 0 Å². The van der Waals surface area contributed by atoms with Crippen molar-refractivity contribution in [1.82, 2.24) is 15.1 Å². The van der Waals surface area contributed by atoms with E-state index < -0.39 is 0 Å². The molecule has 0 saturated carbocycles. The second kappa shape index (κ2) is 6.61. The molecular formula is C16H30N4. The van der Waals surface area contributed by atoms with Crippen molar-refractivity contribution in [3.63, 3.8) is 0 Å². The molecule has 1 aromatic rings. The van der Waals surface area contributed by atoms with Crippen LogP contribution in [0.25, 0.3) is 0 Å². The van der Waals surface area contributed by atoms with E-state index in [1.54, 1.807) is 0 Å². The van der Waals surface area contributed by atoms with Gasteiger partial charge in [-0.25, -0.2) is 0 Å². The van der Waals surface area contributed by atoms with Crippen LogP contribution >= 0.6 is 0 Å². The Labute approximate surface area is 123 Å². The highest BCUT2D eigenvalue weighted by atomic mass is 15.3. The molecule has 0 radical (unpaired) electrons. The molecule has 2 atom stereocenters. The van der Waals surface area contributed by atoms with Crippen LogP contribution in [0, 0.1) is 11.8 Å². The van der Waals surface area contributed by atoms with Gasteiger partial charge in [-0.3, -0.25) is 4.68 Å². The Morgan fingerprint density at radius 3 is 2.65 bits per heavy atom. The smallest absolute Gasteiger partial charge is 0.0756 e. The van der Waals surface area contributed by atoms with Gasteiger partial charge in [0.25, 0.3) is 0 Å². The number of piperazine rings is 1. The van der Waals surface area contributed by atoms with E-state index in [-0.39, 0.29) is 0 Å². The summed E-state index contributed by atoms with van der Waals surface area (Å²) in [5, 5.41) is 8.18. The van der Waals surface area contributed by atoms with E-state index in [2.05, 4.69) is 56.1 Å². The van der Waals surface area contributed by atoms with E-state index in [4.69, 9.17) is 0 Å². The van der Waals surface area contributed by atoms with Gasteiger partial charge in [0.2, 0.25) is 0 Å². The summed E-state index contributed by atoms with van der Waals surface area (Å²) in [6.07, 6.45) is 5.45. The fourth-order valence-corrected chi connectivity index (χ4v) is 3.13. The minimum atomic E-state index is 0.563. The summed E-state index contributed by atoms with van der Waals surface area (Å²) >= 11 is 0. The summed E-state index contributed by atoms with van der Waals surface area (Å²) < 4.78 is 2.02. The van der Waals surface area contributed by atoms with E-state index in [1.165, 1.54) is 12.1 Å². The molecule has 1 aliphatic rings. The largest absolute Gasteiger partial charge is 0.363 e. The van der Waals surface area contributed by atoms with Gasteiger partial charge < -0.3 is 10.2 Å². The third-order valence-electron chi connectivity index (χ3n) is 4.23. The number of nitrogens with zero attached hydrogens (tertiary/aromatic N) is 3. The van der Waals surface area contributed by atoms with Gasteiger partial charge in [0.15, 0.2) is 0 Å². The van der Waals surface area contributed by atoms with Crippen molar-refractivity contribution in [3.8, 4) is 0 Å². The number of hydrogen-bond acceptors (Lipinski definition) is 3. The maximum Gasteiger partial charge on any atom is 0.0756 e. The first kappa shape index (κ1) is 15.4. The zero-order valence-electron chi connectivity index (χ0n) is 13.6. The van der Waals surface area contributed by atoms with Crippen LogP contribution in [-0.2, 0) is 6.54 Å². The molecule has 0 amide bonds. The fraction of sp³-hybridized carbons (Fsp3) is 0.812. The monoisotopic (exact) mass is 278 g/mol. The molecule has 2 unspecified atom stereocenters. The van der Waals surface area contributed by atoms with E-state index in [0.717, 1.165) is 25.6 Å². The lowest BCUT2D eigenvalue weighted by Crippen LogP contribution is -2.58. The molecular weight excluding hydrogens is 248 g/mol. The van der Waals surface area contributed by atoms with Crippen LogP contribution < -0.4 is 10.2 Å². The molecule has 2 rings (SSSR count). The Morgan fingerprint density at radius 1 is 1.35 bits per heavy atom. The van der Waals surface area contributed by atoms with Gasteiger partial charge in [-0.2, -0.15) is 5.10 Å². The first-order chi connectivity index (χ1) is 9.51. The van der Waals surface area contributed by atoms with Crippen LogP contribution in [0.3, 0.4) is 0 Å². The summed E-state index contributed by atoms with van der Waals surface area (Å²) in [4.78, 5) is 2.56. The third kappa shape index (κ3) is 3.54. The molecule has 2 heterocycles. The Kier molecular flexibility index (Phi) is 5.08. The highest BCUT2D eigenvalue weighted by Gasteiger charge is 2.30. The number of nitrogens with one attached hydrogen (secondary N) is 1. The maximum atomic E-state index is 4.44. The topological polar surface area (TPSA) is 33.1 Å². The van der Waals surface area contributed by atoms with Gasteiger partial charge in [0, 0.05) is 37.9 Å². The molecule has 0 spiro atoms. The second-order valence-corrected chi connectivity index (χ2v) is 6.75. The van der Waals surface area contributed by atoms with E-state index in [9.17, 15) is 0 Å². The Balaban J connectivity index is 2.14. The van der Waals surface area contributed by atoms with Crippen LogP contribution in [0.15, 0.2) is 12.4 Å². The standard InChI is InChI=1S/C16H30N4/c1-6-19-11-15(8-18-19)20-10-14(7-12(2)3)17-9-16(20)13(4)5/h8,11-14,16-17H,6-7,9-10H2,1-5H3. The lowest BCUT2D eigenvalue weighted by molar-refractivity contribution is 0.310. The molecule has 1 aromatic heterocycles. The minimum absolute atomic E-state index is 0.563. The molecule has 1 aliphatic heterocycles. The van der Waals surface area contributed by atoms with E-state index in [0.29, 0.717) is 18.0 Å². The highest BCUT2D eigenvalue weighted by Crippen LogP contribution is 2.24. The lowest BCUT2D eigenvalue weighted by atomic mass is 9.94. The molecule has 114 valence electrons. The van der Waals surface area contributed by atoms with Crippen molar-refractivity contribution >= 4 is 5.69 Å². The minimum Gasteiger partial charge on any atom is -0.363 e. The maximum absolute atomic E-state index is 4.44. The molecule has 1 fully saturated rings. The van der Waals surface area contributed by atoms with Gasteiger partial charge in [0.1, 0.15) is 0 Å². The van der Waals surface area contributed by atoms with Crippen molar-refractivity contribution in [1.29, 1.82) is 0 Å². The summed E-state index contributed by atoms with van der Waals surface area (Å²) in [7, 11) is 0. The predicted molar refractivity (Wildman–Crippen MR) is 85.1 cm³/mol. The zero-order chi connectivity index (χ0) is 14.7. The summed E-state index contributed by atoms with van der Waals surface area (Å²) in [5.74, 6) is 1.38. The number of aromatic nitrogens is 2. The Hall–Kier alpha value is -1.03. The van der Waals surface area contributed by atoms with Crippen molar-refractivity contribution in [2.45, 2.75) is 59.7 Å². The number of hydrogen-bond donors (Lipinski definition) is 1. The third-order valence-corrected chi connectivity index (χ3v) is 4.23. The molecule has 1 saturated heterocycles. The molecule has 4 nitrogen and oxygen atoms in total. The number of rotatable bonds is 5. The second-order valence-electron chi connectivity index (χ2n) is 6.75. The van der Waals surface area contributed by atoms with Crippen molar-refractivity contribution in [3.05, 3.63) is 12.4 Å². The van der Waals surface area contributed by atoms with Crippen LogP contribution in [0.4, 0.5) is 5.69 Å². The molecule has 0 bridgehead atoms. The van der Waals surface area contributed by atoms with Crippen molar-refractivity contribution in [2.24, 2.45) is 11.8 Å². The number of anilines is 1. The normalized spacial score (nSPS) is 23.9. The Bertz CT molecular complexity index is 410. The van der Waals surface area contributed by atoms with E-state index in [1.807, 2.05) is 10.9 Å². The summed E-state index contributed by atoms with van der Waals surface area (Å²) in [5.41, 5.74) is 1.28. The van der Waals surface area contributed by atoms with Crippen LogP contribution in [0.5, 0.6) is 0 Å². The Morgan fingerprint density at radius 2 is 2.10 bits per heavy atom. The lowest BCUT2D eigenvalue weighted by Gasteiger charge is -2.43. The first-order valence-electron chi connectivity index (χ1n) is 8.03. The first-order valence-corrected chi connectivity index (χ1v) is 8.03. The molecule has 1 N–H and O–H groups in total. The molecule has 0 aromatic carbocycles. The van der Waals surface area contributed by atoms with E-state index >= 15 is 0 Å². The highest BCUT2D eigenvalue weighted by molar-refractivity contribution is 5.45. The average Bonchev–Trinajstić information content (AvgIpc) is 2.86. The van der Waals surface area contributed by atoms with Gasteiger partial charge in [-0.05, 0) is 25.2 Å². The van der Waals surface area contributed by atoms with Crippen LogP contribution in [0.1, 0.15) is 41.0 Å². The fourth-order valence-electron chi connectivity index (χ4n) is 3.13. The van der Waals surface area contributed by atoms with Gasteiger partial charge >= 0.3 is 0 Å². The molecule has 20 heavy (non-hydrogen) atoms. The zero-order valence-corrected chi connectivity index (χ0v) is 13.6.